The molecule has 1 atom stereocenters. The number of nitrogen functional groups attached to an aromatic ring is 1. The zero-order chi connectivity index (χ0) is 21.6. The van der Waals surface area contributed by atoms with Crippen LogP contribution < -0.4 is 16.4 Å². The van der Waals surface area contributed by atoms with Crippen LogP contribution in [0.1, 0.15) is 31.9 Å². The van der Waals surface area contributed by atoms with Crippen molar-refractivity contribution in [3.05, 3.63) is 76.0 Å². The number of hydrogen-bond acceptors (Lipinski definition) is 5. The first-order valence-corrected chi connectivity index (χ1v) is 9.50. The van der Waals surface area contributed by atoms with Gasteiger partial charge in [-0.2, -0.15) is 0 Å². The van der Waals surface area contributed by atoms with E-state index < -0.39 is 17.4 Å². The molecule has 4 rings (SSSR count). The highest BCUT2D eigenvalue weighted by Crippen LogP contribution is 2.39. The van der Waals surface area contributed by atoms with Crippen LogP contribution >= 0.6 is 0 Å². The summed E-state index contributed by atoms with van der Waals surface area (Å²) in [5.74, 6) is -0.421. The maximum atomic E-state index is 13.8. The molecule has 1 fully saturated rings. The van der Waals surface area contributed by atoms with Crippen molar-refractivity contribution in [3.8, 4) is 0 Å². The van der Waals surface area contributed by atoms with Gasteiger partial charge in [0.15, 0.2) is 0 Å². The Morgan fingerprint density at radius 2 is 2.13 bits per heavy atom. The number of carbonyl (C=O) groups excluding carboxylic acids is 2. The number of hydrogen-bond donors (Lipinski definition) is 3. The molecule has 0 saturated carbocycles. The van der Waals surface area contributed by atoms with Gasteiger partial charge in [-0.3, -0.25) is 14.5 Å². The van der Waals surface area contributed by atoms with Crippen molar-refractivity contribution in [2.24, 2.45) is 0 Å². The molecule has 4 N–H and O–H groups in total. The fourth-order valence-electron chi connectivity index (χ4n) is 4.10. The third-order valence-corrected chi connectivity index (χ3v) is 5.74. The third kappa shape index (κ3) is 3.01. The highest BCUT2D eigenvalue weighted by atomic mass is 19.1. The minimum Gasteiger partial charge on any atom is -0.384 e. The van der Waals surface area contributed by atoms with Gasteiger partial charge in [-0.05, 0) is 49.6 Å². The molecule has 0 aliphatic carbocycles. The molecule has 3 heterocycles. The molecule has 0 spiro atoms. The number of halogens is 1. The molecule has 0 radical (unpaired) electrons. The number of anilines is 2. The molecule has 2 aliphatic rings. The monoisotopic (exact) mass is 407 g/mol. The summed E-state index contributed by atoms with van der Waals surface area (Å²) < 4.78 is 13.8. The zero-order valence-corrected chi connectivity index (χ0v) is 16.9. The molecule has 30 heavy (non-hydrogen) atoms. The Morgan fingerprint density at radius 3 is 2.83 bits per heavy atom. The average molecular weight is 407 g/mol. The van der Waals surface area contributed by atoms with Crippen LogP contribution in [0.5, 0.6) is 0 Å². The standard InChI is InChI=1S/C22H22FN5O2/c1-12(17-7-14-10-25-19(24)9-18(14)26-13(17)2)20-21(30)27-22(3,28(20)11-29)15-5-4-6-16(23)8-15/h4-6,8-11,26H,7H2,1-3H3,(H2,24,25)(H,27,30)/b20-12-. The van der Waals surface area contributed by atoms with E-state index in [2.05, 4.69) is 15.6 Å². The Balaban J connectivity index is 1.79. The van der Waals surface area contributed by atoms with Crippen molar-refractivity contribution in [1.29, 1.82) is 0 Å². The van der Waals surface area contributed by atoms with Crippen molar-refractivity contribution in [3.63, 3.8) is 0 Å². The number of pyridine rings is 1. The molecule has 7 nitrogen and oxygen atoms in total. The van der Waals surface area contributed by atoms with E-state index in [9.17, 15) is 14.0 Å². The van der Waals surface area contributed by atoms with Crippen LogP contribution in [0.25, 0.3) is 0 Å². The topological polar surface area (TPSA) is 100 Å². The van der Waals surface area contributed by atoms with Gasteiger partial charge in [0.1, 0.15) is 23.0 Å². The number of nitrogens with one attached hydrogen (secondary N) is 2. The highest BCUT2D eigenvalue weighted by molar-refractivity contribution is 6.00. The summed E-state index contributed by atoms with van der Waals surface area (Å²) >= 11 is 0. The number of benzene rings is 1. The number of carbonyl (C=O) groups is 2. The quantitative estimate of drug-likeness (QED) is 0.537. The summed E-state index contributed by atoms with van der Waals surface area (Å²) in [7, 11) is 0. The molecule has 2 aromatic rings. The van der Waals surface area contributed by atoms with E-state index in [0.29, 0.717) is 29.8 Å². The van der Waals surface area contributed by atoms with E-state index in [1.807, 2.05) is 6.92 Å². The van der Waals surface area contributed by atoms with Crippen LogP contribution in [0.2, 0.25) is 0 Å². The average Bonchev–Trinajstić information content (AvgIpc) is 2.97. The van der Waals surface area contributed by atoms with E-state index in [1.54, 1.807) is 38.2 Å². The maximum absolute atomic E-state index is 13.8. The fourth-order valence-corrected chi connectivity index (χ4v) is 4.10. The van der Waals surface area contributed by atoms with Crippen molar-refractivity contribution in [2.45, 2.75) is 32.9 Å². The zero-order valence-electron chi connectivity index (χ0n) is 16.9. The second kappa shape index (κ2) is 6.98. The van der Waals surface area contributed by atoms with Gasteiger partial charge in [0.25, 0.3) is 5.91 Å². The van der Waals surface area contributed by atoms with Crippen LogP contribution in [0, 0.1) is 5.82 Å². The summed E-state index contributed by atoms with van der Waals surface area (Å²) in [5, 5.41) is 6.15. The Labute approximate surface area is 173 Å². The van der Waals surface area contributed by atoms with Gasteiger partial charge in [0, 0.05) is 35.6 Å². The summed E-state index contributed by atoms with van der Waals surface area (Å²) in [6, 6.07) is 7.62. The molecule has 1 aromatic heterocycles. The lowest BCUT2D eigenvalue weighted by Gasteiger charge is -2.33. The minimum absolute atomic E-state index is 0.236. The SMILES string of the molecule is CC1=C(/C(C)=C2/C(=O)NC(C)(c3cccc(F)c3)N2C=O)Cc2cnc(N)cc2N1. The molecule has 2 amide bonds. The smallest absolute Gasteiger partial charge is 0.270 e. The van der Waals surface area contributed by atoms with Crippen molar-refractivity contribution >= 4 is 23.8 Å². The molecule has 1 aromatic carbocycles. The highest BCUT2D eigenvalue weighted by Gasteiger charge is 2.46. The summed E-state index contributed by atoms with van der Waals surface area (Å²) in [6.45, 7) is 5.39. The number of fused-ring (bicyclic) bond motifs is 1. The first-order chi connectivity index (χ1) is 14.2. The van der Waals surface area contributed by atoms with Gasteiger partial charge in [0.05, 0.1) is 0 Å². The lowest BCUT2D eigenvalue weighted by Crippen LogP contribution is -2.45. The molecule has 1 unspecified atom stereocenters. The number of rotatable bonds is 3. The number of amides is 2. The van der Waals surface area contributed by atoms with Crippen molar-refractivity contribution < 1.29 is 14.0 Å². The molecular weight excluding hydrogens is 385 g/mol. The van der Waals surface area contributed by atoms with Crippen LogP contribution in [-0.2, 0) is 21.7 Å². The first kappa shape index (κ1) is 19.6. The van der Waals surface area contributed by atoms with Gasteiger partial charge in [-0.1, -0.05) is 12.1 Å². The van der Waals surface area contributed by atoms with Crippen LogP contribution in [0.3, 0.4) is 0 Å². The van der Waals surface area contributed by atoms with Crippen LogP contribution in [0.15, 0.2) is 59.1 Å². The number of nitrogens with zero attached hydrogens (tertiary/aromatic N) is 2. The molecule has 154 valence electrons. The lowest BCUT2D eigenvalue weighted by molar-refractivity contribution is -0.120. The Bertz CT molecular complexity index is 1140. The molecule has 2 aliphatic heterocycles. The minimum atomic E-state index is -1.19. The predicted octanol–water partition coefficient (Wildman–Crippen LogP) is 2.78. The van der Waals surface area contributed by atoms with Gasteiger partial charge in [-0.25, -0.2) is 9.37 Å². The number of nitrogens with two attached hydrogens (primary N) is 1. The Morgan fingerprint density at radius 1 is 1.37 bits per heavy atom. The third-order valence-electron chi connectivity index (χ3n) is 5.74. The molecule has 1 saturated heterocycles. The maximum Gasteiger partial charge on any atom is 0.270 e. The molecule has 8 heteroatoms. The van der Waals surface area contributed by atoms with Crippen molar-refractivity contribution in [1.82, 2.24) is 15.2 Å². The first-order valence-electron chi connectivity index (χ1n) is 9.50. The molecular formula is C22H22FN5O2. The van der Waals surface area contributed by atoms with E-state index in [4.69, 9.17) is 5.73 Å². The summed E-state index contributed by atoms with van der Waals surface area (Å²) in [5.41, 5.74) is 9.50. The second-order valence-corrected chi connectivity index (χ2v) is 7.66. The normalized spacial score (nSPS) is 22.4. The molecule has 0 bridgehead atoms. The van der Waals surface area contributed by atoms with E-state index >= 15 is 0 Å². The van der Waals surface area contributed by atoms with Crippen LogP contribution in [-0.4, -0.2) is 22.2 Å². The van der Waals surface area contributed by atoms with E-state index in [-0.39, 0.29) is 5.70 Å². The largest absolute Gasteiger partial charge is 0.384 e. The number of allylic oxidation sites excluding steroid dienone is 3. The lowest BCUT2D eigenvalue weighted by atomic mass is 9.92. The van der Waals surface area contributed by atoms with E-state index in [0.717, 1.165) is 22.5 Å². The van der Waals surface area contributed by atoms with E-state index in [1.165, 1.54) is 17.0 Å². The van der Waals surface area contributed by atoms with Crippen molar-refractivity contribution in [2.75, 3.05) is 11.1 Å². The fraction of sp³-hybridized carbons (Fsp3) is 0.227. The van der Waals surface area contributed by atoms with Gasteiger partial charge >= 0.3 is 0 Å². The predicted molar refractivity (Wildman–Crippen MR) is 111 cm³/mol. The Kier molecular flexibility index (Phi) is 4.57. The summed E-state index contributed by atoms with van der Waals surface area (Å²) in [4.78, 5) is 30.5. The second-order valence-electron chi connectivity index (χ2n) is 7.66. The Hall–Kier alpha value is -3.68. The van der Waals surface area contributed by atoms with Crippen LogP contribution in [0.4, 0.5) is 15.9 Å². The number of aromatic nitrogens is 1. The van der Waals surface area contributed by atoms with Gasteiger partial charge < -0.3 is 16.4 Å². The summed E-state index contributed by atoms with van der Waals surface area (Å²) in [6.07, 6.45) is 2.84. The van der Waals surface area contributed by atoms with Gasteiger partial charge in [0.2, 0.25) is 6.41 Å². The van der Waals surface area contributed by atoms with Gasteiger partial charge in [-0.15, -0.1) is 0 Å².